The van der Waals surface area contributed by atoms with Crippen molar-refractivity contribution in [2.24, 2.45) is 0 Å². The molecule has 1 aliphatic rings. The van der Waals surface area contributed by atoms with Gasteiger partial charge in [-0.25, -0.2) is 4.79 Å². The lowest BCUT2D eigenvalue weighted by molar-refractivity contribution is -0.137. The second kappa shape index (κ2) is 4.93. The van der Waals surface area contributed by atoms with Crippen LogP contribution in [0.3, 0.4) is 0 Å². The molecule has 1 aromatic heterocycles. The number of carbonyl (C=O) groups excluding carboxylic acids is 1. The van der Waals surface area contributed by atoms with Crippen LogP contribution in [0.5, 0.6) is 0 Å². The Morgan fingerprint density at radius 3 is 3.20 bits per heavy atom. The predicted octanol–water partition coefficient (Wildman–Crippen LogP) is 1.65. The maximum Gasteiger partial charge on any atom is 0.332 e. The number of ether oxygens (including phenoxy) is 1. The smallest absolute Gasteiger partial charge is 0.332 e. The van der Waals surface area contributed by atoms with Crippen molar-refractivity contribution in [2.45, 2.75) is 6.92 Å². The third-order valence-corrected chi connectivity index (χ3v) is 2.95. The Bertz CT molecular complexity index is 710. The summed E-state index contributed by atoms with van der Waals surface area (Å²) in [4.78, 5) is 11.6. The molecule has 0 saturated carbocycles. The van der Waals surface area contributed by atoms with Crippen molar-refractivity contribution in [2.75, 3.05) is 11.9 Å². The third kappa shape index (κ3) is 2.12. The molecule has 20 heavy (non-hydrogen) atoms. The lowest BCUT2D eigenvalue weighted by Crippen LogP contribution is -2.17. The fraction of sp³-hybridized carbons (Fsp3) is 0.167. The molecule has 7 nitrogen and oxygen atoms in total. The van der Waals surface area contributed by atoms with Crippen molar-refractivity contribution >= 4 is 29.0 Å². The van der Waals surface area contributed by atoms with Crippen molar-refractivity contribution in [3.63, 3.8) is 0 Å². The van der Waals surface area contributed by atoms with Crippen LogP contribution in [0.1, 0.15) is 12.7 Å². The van der Waals surface area contributed by atoms with E-state index >= 15 is 0 Å². The van der Waals surface area contributed by atoms with Gasteiger partial charge in [0.2, 0.25) is 5.82 Å². The van der Waals surface area contributed by atoms with Crippen molar-refractivity contribution in [1.82, 2.24) is 20.2 Å². The molecule has 0 atom stereocenters. The van der Waals surface area contributed by atoms with Gasteiger partial charge in [0.15, 0.2) is 0 Å². The van der Waals surface area contributed by atoms with Crippen LogP contribution < -0.4 is 5.32 Å². The summed E-state index contributed by atoms with van der Waals surface area (Å²) in [6.45, 7) is 2.04. The second-order valence-electron chi connectivity index (χ2n) is 4.01. The number of hydrogen-bond donors (Lipinski definition) is 1. The fourth-order valence-electron chi connectivity index (χ4n) is 1.91. The molecule has 3 rings (SSSR count). The Hall–Kier alpha value is -2.41. The number of halogens is 1. The second-order valence-corrected chi connectivity index (χ2v) is 4.45. The van der Waals surface area contributed by atoms with Crippen LogP contribution in [0.4, 0.5) is 5.69 Å². The van der Waals surface area contributed by atoms with Gasteiger partial charge in [0.05, 0.1) is 29.8 Å². The van der Waals surface area contributed by atoms with Crippen LogP contribution in [-0.2, 0) is 9.53 Å². The zero-order valence-electron chi connectivity index (χ0n) is 10.5. The maximum absolute atomic E-state index is 11.6. The molecule has 1 aliphatic heterocycles. The van der Waals surface area contributed by atoms with E-state index in [1.54, 1.807) is 25.1 Å². The maximum atomic E-state index is 11.6. The SMILES string of the molecule is CCOC(=O)/C=C1\Nc2cc(Cl)ccc2-n2nnnc21. The van der Waals surface area contributed by atoms with Gasteiger partial charge in [-0.2, -0.15) is 4.68 Å². The molecule has 8 heteroatoms. The zero-order valence-corrected chi connectivity index (χ0v) is 11.3. The molecule has 0 unspecified atom stereocenters. The van der Waals surface area contributed by atoms with E-state index in [1.807, 2.05) is 0 Å². The first-order chi connectivity index (χ1) is 9.69. The Morgan fingerprint density at radius 2 is 2.40 bits per heavy atom. The number of hydrogen-bond acceptors (Lipinski definition) is 6. The Kier molecular flexibility index (Phi) is 3.11. The molecule has 0 spiro atoms. The minimum Gasteiger partial charge on any atom is -0.463 e. The number of fused-ring (bicyclic) bond motifs is 3. The molecular formula is C12H10ClN5O2. The highest BCUT2D eigenvalue weighted by atomic mass is 35.5. The van der Waals surface area contributed by atoms with E-state index in [4.69, 9.17) is 16.3 Å². The molecule has 1 N–H and O–H groups in total. The van der Waals surface area contributed by atoms with E-state index in [9.17, 15) is 4.79 Å². The first kappa shape index (κ1) is 12.6. The summed E-state index contributed by atoms with van der Waals surface area (Å²) in [6.07, 6.45) is 1.32. The van der Waals surface area contributed by atoms with Crippen LogP contribution in [0.15, 0.2) is 24.3 Å². The zero-order chi connectivity index (χ0) is 14.1. The molecule has 102 valence electrons. The first-order valence-electron chi connectivity index (χ1n) is 5.93. The lowest BCUT2D eigenvalue weighted by Gasteiger charge is -2.20. The van der Waals surface area contributed by atoms with Gasteiger partial charge in [0.1, 0.15) is 0 Å². The Balaban J connectivity index is 2.08. The van der Waals surface area contributed by atoms with E-state index in [-0.39, 0.29) is 0 Å². The van der Waals surface area contributed by atoms with Crippen molar-refractivity contribution in [3.8, 4) is 5.69 Å². The summed E-state index contributed by atoms with van der Waals surface area (Å²) in [5, 5.41) is 15.1. The van der Waals surface area contributed by atoms with Crippen LogP contribution in [0.2, 0.25) is 5.02 Å². The van der Waals surface area contributed by atoms with Gasteiger partial charge in [0, 0.05) is 5.02 Å². The molecule has 1 aromatic carbocycles. The summed E-state index contributed by atoms with van der Waals surface area (Å²) in [6, 6.07) is 5.28. The van der Waals surface area contributed by atoms with E-state index in [0.717, 1.165) is 5.69 Å². The molecule has 0 fully saturated rings. The molecule has 2 heterocycles. The number of carbonyl (C=O) groups is 1. The monoisotopic (exact) mass is 291 g/mol. The van der Waals surface area contributed by atoms with Crippen LogP contribution >= 0.6 is 11.6 Å². The van der Waals surface area contributed by atoms with Gasteiger partial charge in [-0.15, -0.1) is 5.10 Å². The minimum atomic E-state index is -0.463. The third-order valence-electron chi connectivity index (χ3n) is 2.72. The number of tetrazole rings is 1. The Labute approximate surface area is 119 Å². The van der Waals surface area contributed by atoms with Gasteiger partial charge < -0.3 is 10.1 Å². The summed E-state index contributed by atoms with van der Waals surface area (Å²) >= 11 is 5.97. The van der Waals surface area contributed by atoms with Gasteiger partial charge in [0.25, 0.3) is 0 Å². The van der Waals surface area contributed by atoms with Crippen LogP contribution in [0.25, 0.3) is 11.4 Å². The van der Waals surface area contributed by atoms with Gasteiger partial charge in [-0.05, 0) is 35.5 Å². The van der Waals surface area contributed by atoms with Gasteiger partial charge >= 0.3 is 5.97 Å². The number of benzene rings is 1. The standard InChI is InChI=1S/C12H10ClN5O2/c1-2-20-11(19)6-9-12-15-16-17-18(12)10-4-3-7(13)5-8(10)14-9/h3-6,14H,2H2,1H3/b9-6-. The number of rotatable bonds is 2. The number of nitrogens with one attached hydrogen (secondary N) is 1. The van der Waals surface area contributed by atoms with Crippen molar-refractivity contribution in [1.29, 1.82) is 0 Å². The summed E-state index contributed by atoms with van der Waals surface area (Å²) in [7, 11) is 0. The minimum absolute atomic E-state index is 0.302. The van der Waals surface area contributed by atoms with Crippen LogP contribution in [0, 0.1) is 0 Å². The van der Waals surface area contributed by atoms with E-state index in [2.05, 4.69) is 20.8 Å². The van der Waals surface area contributed by atoms with E-state index in [1.165, 1.54) is 10.8 Å². The van der Waals surface area contributed by atoms with E-state index in [0.29, 0.717) is 28.8 Å². The van der Waals surface area contributed by atoms with Crippen molar-refractivity contribution in [3.05, 3.63) is 35.1 Å². The summed E-state index contributed by atoms with van der Waals surface area (Å²) in [5.41, 5.74) is 1.94. The molecule has 2 aromatic rings. The number of nitrogens with zero attached hydrogens (tertiary/aromatic N) is 4. The molecule has 0 radical (unpaired) electrons. The molecule has 0 saturated heterocycles. The van der Waals surface area contributed by atoms with Gasteiger partial charge in [-0.1, -0.05) is 11.6 Å². The number of anilines is 1. The van der Waals surface area contributed by atoms with Crippen LogP contribution in [-0.4, -0.2) is 32.8 Å². The first-order valence-corrected chi connectivity index (χ1v) is 6.31. The predicted molar refractivity (Wildman–Crippen MR) is 72.4 cm³/mol. The van der Waals surface area contributed by atoms with Crippen molar-refractivity contribution < 1.29 is 9.53 Å². The Morgan fingerprint density at radius 1 is 1.55 bits per heavy atom. The average molecular weight is 292 g/mol. The fourth-order valence-corrected chi connectivity index (χ4v) is 2.09. The quantitative estimate of drug-likeness (QED) is 0.669. The molecular weight excluding hydrogens is 282 g/mol. The summed E-state index contributed by atoms with van der Waals surface area (Å²) < 4.78 is 6.42. The highest BCUT2D eigenvalue weighted by molar-refractivity contribution is 6.31. The highest BCUT2D eigenvalue weighted by Crippen LogP contribution is 2.32. The average Bonchev–Trinajstić information content (AvgIpc) is 2.88. The molecule has 0 aliphatic carbocycles. The largest absolute Gasteiger partial charge is 0.463 e. The number of aromatic nitrogens is 4. The van der Waals surface area contributed by atoms with Gasteiger partial charge in [-0.3, -0.25) is 0 Å². The number of esters is 1. The molecule has 0 amide bonds. The molecule has 0 bridgehead atoms. The highest BCUT2D eigenvalue weighted by Gasteiger charge is 2.23. The normalized spacial score (nSPS) is 14.4. The topological polar surface area (TPSA) is 81.9 Å². The summed E-state index contributed by atoms with van der Waals surface area (Å²) in [5.74, 6) is -0.0251. The van der Waals surface area contributed by atoms with E-state index < -0.39 is 5.97 Å². The lowest BCUT2D eigenvalue weighted by atomic mass is 10.2.